The summed E-state index contributed by atoms with van der Waals surface area (Å²) in [5.41, 5.74) is 5.83. The van der Waals surface area contributed by atoms with Gasteiger partial charge in [-0.1, -0.05) is 29.9 Å². The van der Waals surface area contributed by atoms with E-state index >= 15 is 0 Å². The van der Waals surface area contributed by atoms with E-state index in [2.05, 4.69) is 0 Å². The highest BCUT2D eigenvalue weighted by atomic mass is 35.5. The van der Waals surface area contributed by atoms with E-state index in [1.807, 2.05) is 0 Å². The molecule has 1 aromatic carbocycles. The van der Waals surface area contributed by atoms with E-state index in [4.69, 9.17) is 29.6 Å². The lowest BCUT2D eigenvalue weighted by molar-refractivity contribution is 0.485. The van der Waals surface area contributed by atoms with E-state index in [9.17, 15) is 16.8 Å². The Balaban J connectivity index is 3.18. The Morgan fingerprint density at radius 1 is 1.33 bits per heavy atom. The van der Waals surface area contributed by atoms with Crippen molar-refractivity contribution >= 4 is 48.7 Å². The van der Waals surface area contributed by atoms with Crippen molar-refractivity contribution in [1.29, 1.82) is 0 Å². The number of hydrogen-bond acceptors (Lipinski definition) is 5. The molecule has 10 heteroatoms. The first-order valence-corrected chi connectivity index (χ1v) is 9.97. The van der Waals surface area contributed by atoms with Gasteiger partial charge < -0.3 is 5.73 Å². The van der Waals surface area contributed by atoms with Gasteiger partial charge in [-0.05, 0) is 12.1 Å². The van der Waals surface area contributed by atoms with Crippen LogP contribution in [0, 0.1) is 0 Å². The fourth-order valence-corrected chi connectivity index (χ4v) is 3.95. The molecule has 0 aliphatic carbocycles. The van der Waals surface area contributed by atoms with Crippen molar-refractivity contribution in [2.45, 2.75) is 4.90 Å². The summed E-state index contributed by atoms with van der Waals surface area (Å²) in [6.45, 7) is -0.172. The Labute approximate surface area is 134 Å². The minimum atomic E-state index is -3.93. The molecule has 0 saturated heterocycles. The van der Waals surface area contributed by atoms with Crippen molar-refractivity contribution in [3.8, 4) is 0 Å². The van der Waals surface area contributed by atoms with Crippen molar-refractivity contribution in [3.63, 3.8) is 0 Å². The molecule has 118 valence electrons. The van der Waals surface area contributed by atoms with Crippen LogP contribution in [0.2, 0.25) is 5.02 Å². The van der Waals surface area contributed by atoms with Gasteiger partial charge in [0.1, 0.15) is 19.7 Å². The topological polar surface area (TPSA) is 97.5 Å². The van der Waals surface area contributed by atoms with Crippen LogP contribution in [-0.2, 0) is 19.9 Å². The number of nitrogens with zero attached hydrogens (tertiary/aromatic N) is 1. The van der Waals surface area contributed by atoms with Crippen LogP contribution < -0.4 is 5.73 Å². The molecule has 0 unspecified atom stereocenters. The summed E-state index contributed by atoms with van der Waals surface area (Å²) in [5.74, 6) is -0.282. The molecule has 6 nitrogen and oxygen atoms in total. The lowest BCUT2D eigenvalue weighted by Crippen LogP contribution is -2.31. The standard InChI is InChI=1S/C11H15ClN2O4S3/c1-14(5-6-20(2,15)16)21(17,18)10-7-8(11(13)19)3-4-9(10)12/h3-4,7H,5-6H2,1-2H3,(H2,13,19). The zero-order chi connectivity index (χ0) is 16.4. The maximum absolute atomic E-state index is 12.4. The van der Waals surface area contributed by atoms with Crippen LogP contribution >= 0.6 is 23.8 Å². The molecule has 0 aliphatic rings. The molecule has 0 amide bonds. The summed E-state index contributed by atoms with van der Waals surface area (Å²) in [5, 5.41) is 0.0150. The lowest BCUT2D eigenvalue weighted by atomic mass is 10.2. The largest absolute Gasteiger partial charge is 0.389 e. The number of nitrogens with two attached hydrogens (primary N) is 1. The van der Waals surface area contributed by atoms with Crippen molar-refractivity contribution in [3.05, 3.63) is 28.8 Å². The Morgan fingerprint density at radius 2 is 1.90 bits per heavy atom. The maximum Gasteiger partial charge on any atom is 0.244 e. The fourth-order valence-electron chi connectivity index (χ4n) is 1.44. The Kier molecular flexibility index (Phi) is 5.73. The summed E-state index contributed by atoms with van der Waals surface area (Å²) in [4.78, 5) is -0.118. The number of sulfonamides is 1. The summed E-state index contributed by atoms with van der Waals surface area (Å²) in [7, 11) is -5.92. The Morgan fingerprint density at radius 3 is 2.38 bits per heavy atom. The quantitative estimate of drug-likeness (QED) is 0.738. The van der Waals surface area contributed by atoms with Crippen LogP contribution in [0.5, 0.6) is 0 Å². The van der Waals surface area contributed by atoms with Gasteiger partial charge in [-0.2, -0.15) is 4.31 Å². The summed E-state index contributed by atoms with van der Waals surface area (Å²) in [6.07, 6.45) is 1.04. The molecule has 0 aliphatic heterocycles. The zero-order valence-corrected chi connectivity index (χ0v) is 14.6. The fraction of sp³-hybridized carbons (Fsp3) is 0.364. The minimum absolute atomic E-state index is 0.0150. The molecule has 2 N–H and O–H groups in total. The van der Waals surface area contributed by atoms with Crippen molar-refractivity contribution < 1.29 is 16.8 Å². The van der Waals surface area contributed by atoms with Crippen LogP contribution in [0.1, 0.15) is 5.56 Å². The molecular weight excluding hydrogens is 356 g/mol. The maximum atomic E-state index is 12.4. The number of sulfone groups is 1. The predicted octanol–water partition coefficient (Wildman–Crippen LogP) is 0.639. The third-order valence-electron chi connectivity index (χ3n) is 2.68. The summed E-state index contributed by atoms with van der Waals surface area (Å²) < 4.78 is 48.0. The first kappa shape index (κ1) is 18.3. The molecule has 1 aromatic rings. The van der Waals surface area contributed by atoms with E-state index in [0.717, 1.165) is 10.6 Å². The average molecular weight is 371 g/mol. The van der Waals surface area contributed by atoms with Crippen molar-refractivity contribution in [2.75, 3.05) is 25.6 Å². The van der Waals surface area contributed by atoms with Gasteiger partial charge in [0.25, 0.3) is 0 Å². The van der Waals surface area contributed by atoms with E-state index in [1.54, 1.807) is 0 Å². The van der Waals surface area contributed by atoms with Crippen molar-refractivity contribution in [1.82, 2.24) is 4.31 Å². The second-order valence-electron chi connectivity index (χ2n) is 4.47. The highest BCUT2D eigenvalue weighted by Gasteiger charge is 2.25. The first-order chi connectivity index (χ1) is 9.45. The van der Waals surface area contributed by atoms with Crippen LogP contribution in [-0.4, -0.2) is 51.7 Å². The second-order valence-corrected chi connectivity index (χ2v) is 9.59. The average Bonchev–Trinajstić information content (AvgIpc) is 2.34. The third-order valence-corrected chi connectivity index (χ3v) is 6.18. The minimum Gasteiger partial charge on any atom is -0.389 e. The second kappa shape index (κ2) is 6.57. The smallest absolute Gasteiger partial charge is 0.244 e. The number of hydrogen-bond donors (Lipinski definition) is 1. The van der Waals surface area contributed by atoms with Gasteiger partial charge in [-0.15, -0.1) is 0 Å². The van der Waals surface area contributed by atoms with Crippen LogP contribution in [0.4, 0.5) is 0 Å². The van der Waals surface area contributed by atoms with E-state index < -0.39 is 19.9 Å². The van der Waals surface area contributed by atoms with Crippen molar-refractivity contribution in [2.24, 2.45) is 5.73 Å². The van der Waals surface area contributed by atoms with Gasteiger partial charge >= 0.3 is 0 Å². The van der Waals surface area contributed by atoms with E-state index in [1.165, 1.54) is 25.2 Å². The highest BCUT2D eigenvalue weighted by molar-refractivity contribution is 7.91. The van der Waals surface area contributed by atoms with Gasteiger partial charge in [0.2, 0.25) is 10.0 Å². The Bertz CT molecular complexity index is 760. The zero-order valence-electron chi connectivity index (χ0n) is 11.4. The molecule has 0 bridgehead atoms. The molecule has 0 saturated carbocycles. The monoisotopic (exact) mass is 370 g/mol. The van der Waals surface area contributed by atoms with Crippen LogP contribution in [0.15, 0.2) is 23.1 Å². The number of halogens is 1. The predicted molar refractivity (Wildman–Crippen MR) is 86.9 cm³/mol. The molecule has 0 aromatic heterocycles. The van der Waals surface area contributed by atoms with Crippen LogP contribution in [0.25, 0.3) is 0 Å². The molecule has 0 radical (unpaired) electrons. The first-order valence-electron chi connectivity index (χ1n) is 5.68. The molecule has 0 fully saturated rings. The third kappa shape index (κ3) is 4.89. The van der Waals surface area contributed by atoms with Crippen LogP contribution in [0.3, 0.4) is 0 Å². The normalized spacial score (nSPS) is 12.6. The molecule has 21 heavy (non-hydrogen) atoms. The van der Waals surface area contributed by atoms with E-state index in [0.29, 0.717) is 5.56 Å². The molecule has 0 atom stereocenters. The molecule has 0 spiro atoms. The number of rotatable bonds is 6. The van der Waals surface area contributed by atoms with Gasteiger partial charge in [0.05, 0.1) is 10.8 Å². The van der Waals surface area contributed by atoms with Gasteiger partial charge in [0, 0.05) is 25.4 Å². The molecule has 1 rings (SSSR count). The molecular formula is C11H15ClN2O4S3. The highest BCUT2D eigenvalue weighted by Crippen LogP contribution is 2.25. The Hall–Kier alpha value is -0.740. The molecule has 0 heterocycles. The summed E-state index contributed by atoms with van der Waals surface area (Å²) in [6, 6.07) is 4.17. The van der Waals surface area contributed by atoms with Gasteiger partial charge in [-0.3, -0.25) is 0 Å². The number of thiocarbonyl (C=S) groups is 1. The summed E-state index contributed by atoms with van der Waals surface area (Å²) >= 11 is 10.7. The van der Waals surface area contributed by atoms with Gasteiger partial charge in [0.15, 0.2) is 0 Å². The van der Waals surface area contributed by atoms with E-state index in [-0.39, 0.29) is 27.2 Å². The lowest BCUT2D eigenvalue weighted by Gasteiger charge is -2.18. The number of benzene rings is 1. The van der Waals surface area contributed by atoms with Gasteiger partial charge in [-0.25, -0.2) is 16.8 Å². The SMILES string of the molecule is CN(CCS(C)(=O)=O)S(=O)(=O)c1cc(C(N)=S)ccc1Cl.